The van der Waals surface area contributed by atoms with Crippen LogP contribution in [0.5, 0.6) is 0 Å². The van der Waals surface area contributed by atoms with Crippen LogP contribution in [0.15, 0.2) is 6.20 Å². The molecule has 4 nitrogen and oxygen atoms in total. The van der Waals surface area contributed by atoms with Gasteiger partial charge in [0.2, 0.25) is 0 Å². The summed E-state index contributed by atoms with van der Waals surface area (Å²) in [5.41, 5.74) is 7.80. The SMILES string of the molecule is Cc1c(CCCN)cnn1CCO. The Bertz CT molecular complexity index is 257. The minimum atomic E-state index is 0.138. The van der Waals surface area contributed by atoms with E-state index >= 15 is 0 Å². The molecule has 0 amide bonds. The molecule has 13 heavy (non-hydrogen) atoms. The lowest BCUT2D eigenvalue weighted by Crippen LogP contribution is -2.06. The minimum absolute atomic E-state index is 0.138. The molecule has 1 heterocycles. The summed E-state index contributed by atoms with van der Waals surface area (Å²) in [5.74, 6) is 0. The summed E-state index contributed by atoms with van der Waals surface area (Å²) in [6.45, 7) is 3.45. The molecular weight excluding hydrogens is 166 g/mol. The molecule has 74 valence electrons. The Balaban J connectivity index is 2.62. The van der Waals surface area contributed by atoms with Gasteiger partial charge >= 0.3 is 0 Å². The third kappa shape index (κ3) is 2.54. The fraction of sp³-hybridized carbons (Fsp3) is 0.667. The maximum Gasteiger partial charge on any atom is 0.0643 e. The second kappa shape index (κ2) is 4.99. The van der Waals surface area contributed by atoms with Gasteiger partial charge in [-0.15, -0.1) is 0 Å². The first kappa shape index (κ1) is 10.2. The maximum atomic E-state index is 8.75. The van der Waals surface area contributed by atoms with Gasteiger partial charge in [0.15, 0.2) is 0 Å². The monoisotopic (exact) mass is 183 g/mol. The molecule has 1 aromatic rings. The summed E-state index contributed by atoms with van der Waals surface area (Å²) < 4.78 is 1.83. The maximum absolute atomic E-state index is 8.75. The van der Waals surface area contributed by atoms with Crippen molar-refractivity contribution in [3.8, 4) is 0 Å². The summed E-state index contributed by atoms with van der Waals surface area (Å²) in [6, 6.07) is 0. The Labute approximate surface area is 78.4 Å². The van der Waals surface area contributed by atoms with Crippen molar-refractivity contribution >= 4 is 0 Å². The van der Waals surface area contributed by atoms with E-state index in [-0.39, 0.29) is 6.61 Å². The third-order valence-electron chi connectivity index (χ3n) is 2.17. The number of hydrogen-bond donors (Lipinski definition) is 2. The first-order chi connectivity index (χ1) is 6.29. The second-order valence-electron chi connectivity index (χ2n) is 3.09. The molecule has 3 N–H and O–H groups in total. The highest BCUT2D eigenvalue weighted by Crippen LogP contribution is 2.08. The lowest BCUT2D eigenvalue weighted by molar-refractivity contribution is 0.268. The molecule has 0 bridgehead atoms. The summed E-state index contributed by atoms with van der Waals surface area (Å²) in [4.78, 5) is 0. The second-order valence-corrected chi connectivity index (χ2v) is 3.09. The zero-order valence-electron chi connectivity index (χ0n) is 8.03. The summed E-state index contributed by atoms with van der Waals surface area (Å²) >= 11 is 0. The molecule has 4 heteroatoms. The Hall–Kier alpha value is -0.870. The van der Waals surface area contributed by atoms with Crippen molar-refractivity contribution < 1.29 is 5.11 Å². The van der Waals surface area contributed by atoms with Gasteiger partial charge in [-0.2, -0.15) is 5.10 Å². The molecule has 0 aromatic carbocycles. The number of rotatable bonds is 5. The van der Waals surface area contributed by atoms with Crippen LogP contribution in [0.25, 0.3) is 0 Å². The van der Waals surface area contributed by atoms with E-state index in [1.807, 2.05) is 17.8 Å². The van der Waals surface area contributed by atoms with Crippen molar-refractivity contribution in [1.82, 2.24) is 9.78 Å². The Morgan fingerprint density at radius 3 is 3.00 bits per heavy atom. The molecule has 0 unspecified atom stereocenters. The van der Waals surface area contributed by atoms with Crippen LogP contribution in [0, 0.1) is 6.92 Å². The van der Waals surface area contributed by atoms with E-state index in [9.17, 15) is 0 Å². The third-order valence-corrected chi connectivity index (χ3v) is 2.17. The predicted octanol–water partition coefficient (Wildman–Crippen LogP) is 0.0751. The van der Waals surface area contributed by atoms with Gasteiger partial charge in [0, 0.05) is 5.69 Å². The zero-order valence-corrected chi connectivity index (χ0v) is 8.03. The van der Waals surface area contributed by atoms with Crippen molar-refractivity contribution in [3.05, 3.63) is 17.5 Å². The van der Waals surface area contributed by atoms with Crippen molar-refractivity contribution in [3.63, 3.8) is 0 Å². The highest BCUT2D eigenvalue weighted by molar-refractivity contribution is 5.16. The first-order valence-electron chi connectivity index (χ1n) is 4.61. The topological polar surface area (TPSA) is 64.1 Å². The standard InChI is InChI=1S/C9H17N3O/c1-8-9(3-2-4-10)7-11-12(8)5-6-13/h7,13H,2-6,10H2,1H3. The van der Waals surface area contributed by atoms with Crippen molar-refractivity contribution in [2.75, 3.05) is 13.2 Å². The average molecular weight is 183 g/mol. The van der Waals surface area contributed by atoms with Crippen LogP contribution < -0.4 is 5.73 Å². The van der Waals surface area contributed by atoms with Crippen LogP contribution in [0.2, 0.25) is 0 Å². The molecule has 0 atom stereocenters. The van der Waals surface area contributed by atoms with E-state index in [2.05, 4.69) is 5.10 Å². The van der Waals surface area contributed by atoms with E-state index in [4.69, 9.17) is 10.8 Å². The van der Waals surface area contributed by atoms with Crippen LogP contribution in [-0.2, 0) is 13.0 Å². The van der Waals surface area contributed by atoms with E-state index in [1.54, 1.807) is 0 Å². The van der Waals surface area contributed by atoms with Gasteiger partial charge in [0.1, 0.15) is 0 Å². The van der Waals surface area contributed by atoms with Gasteiger partial charge < -0.3 is 10.8 Å². The van der Waals surface area contributed by atoms with E-state index < -0.39 is 0 Å². The van der Waals surface area contributed by atoms with Crippen LogP contribution in [0.4, 0.5) is 0 Å². The molecule has 0 aliphatic carbocycles. The van der Waals surface area contributed by atoms with Gasteiger partial charge in [-0.1, -0.05) is 0 Å². The van der Waals surface area contributed by atoms with Crippen LogP contribution >= 0.6 is 0 Å². The molecule has 0 aliphatic heterocycles. The Kier molecular flexibility index (Phi) is 3.92. The number of nitrogens with zero attached hydrogens (tertiary/aromatic N) is 2. The van der Waals surface area contributed by atoms with Crippen molar-refractivity contribution in [2.45, 2.75) is 26.3 Å². The minimum Gasteiger partial charge on any atom is -0.394 e. The van der Waals surface area contributed by atoms with Crippen molar-refractivity contribution in [2.24, 2.45) is 5.73 Å². The fourth-order valence-corrected chi connectivity index (χ4v) is 1.34. The fourth-order valence-electron chi connectivity index (χ4n) is 1.34. The molecule has 0 fully saturated rings. The van der Waals surface area contributed by atoms with Crippen LogP contribution in [0.3, 0.4) is 0 Å². The summed E-state index contributed by atoms with van der Waals surface area (Å²) in [5, 5.41) is 12.9. The summed E-state index contributed by atoms with van der Waals surface area (Å²) in [7, 11) is 0. The molecule has 0 saturated carbocycles. The van der Waals surface area contributed by atoms with Crippen LogP contribution in [-0.4, -0.2) is 28.0 Å². The molecule has 0 aliphatic rings. The van der Waals surface area contributed by atoms with Gasteiger partial charge in [-0.3, -0.25) is 4.68 Å². The molecule has 0 saturated heterocycles. The summed E-state index contributed by atoms with van der Waals surface area (Å²) in [6.07, 6.45) is 3.83. The number of aliphatic hydroxyl groups excluding tert-OH is 1. The highest BCUT2D eigenvalue weighted by Gasteiger charge is 2.04. The van der Waals surface area contributed by atoms with Crippen molar-refractivity contribution in [1.29, 1.82) is 0 Å². The van der Waals surface area contributed by atoms with Crippen LogP contribution in [0.1, 0.15) is 17.7 Å². The largest absolute Gasteiger partial charge is 0.394 e. The Morgan fingerprint density at radius 1 is 1.62 bits per heavy atom. The first-order valence-corrected chi connectivity index (χ1v) is 4.61. The number of nitrogens with two attached hydrogens (primary N) is 1. The number of aliphatic hydroxyl groups is 1. The molecular formula is C9H17N3O. The average Bonchev–Trinajstić information content (AvgIpc) is 2.46. The normalized spacial score (nSPS) is 10.7. The quantitative estimate of drug-likeness (QED) is 0.679. The number of aromatic nitrogens is 2. The smallest absolute Gasteiger partial charge is 0.0643 e. The molecule has 1 rings (SSSR count). The van der Waals surface area contributed by atoms with E-state index in [0.29, 0.717) is 13.1 Å². The molecule has 0 radical (unpaired) electrons. The van der Waals surface area contributed by atoms with E-state index in [1.165, 1.54) is 5.56 Å². The predicted molar refractivity (Wildman–Crippen MR) is 51.4 cm³/mol. The number of aryl methyl sites for hydroxylation is 1. The highest BCUT2D eigenvalue weighted by atomic mass is 16.3. The lowest BCUT2D eigenvalue weighted by atomic mass is 10.1. The van der Waals surface area contributed by atoms with Gasteiger partial charge in [0.25, 0.3) is 0 Å². The number of hydrogen-bond acceptors (Lipinski definition) is 3. The van der Waals surface area contributed by atoms with Gasteiger partial charge in [0.05, 0.1) is 19.3 Å². The van der Waals surface area contributed by atoms with Gasteiger partial charge in [-0.25, -0.2) is 0 Å². The zero-order chi connectivity index (χ0) is 9.68. The Morgan fingerprint density at radius 2 is 2.38 bits per heavy atom. The lowest BCUT2D eigenvalue weighted by Gasteiger charge is -2.02. The van der Waals surface area contributed by atoms with E-state index in [0.717, 1.165) is 18.5 Å². The van der Waals surface area contributed by atoms with Gasteiger partial charge in [-0.05, 0) is 31.9 Å². The molecule has 1 aromatic heterocycles. The molecule has 0 spiro atoms.